The van der Waals surface area contributed by atoms with Gasteiger partial charge in [-0.3, -0.25) is 0 Å². The molecule has 0 fully saturated rings. The average Bonchev–Trinajstić information content (AvgIpc) is 1.92. The van der Waals surface area contributed by atoms with Gasteiger partial charge < -0.3 is 21.3 Å². The van der Waals surface area contributed by atoms with E-state index in [-0.39, 0.29) is 41.7 Å². The summed E-state index contributed by atoms with van der Waals surface area (Å²) >= 11 is 0. The summed E-state index contributed by atoms with van der Waals surface area (Å²) in [7, 11) is 14.0. The van der Waals surface area contributed by atoms with Crippen molar-refractivity contribution in [2.75, 3.05) is 56.4 Å². The predicted octanol–water partition coefficient (Wildman–Crippen LogP) is 2.48. The van der Waals surface area contributed by atoms with Crippen LogP contribution in [0.25, 0.3) is 21.3 Å². The number of rotatable bonds is 0. The van der Waals surface area contributed by atoms with E-state index in [2.05, 4.69) is 21.3 Å². The van der Waals surface area contributed by atoms with Gasteiger partial charge in [0.15, 0.2) is 0 Å². The van der Waals surface area contributed by atoms with Crippen molar-refractivity contribution in [2.45, 2.75) is 0 Å². The Hall–Kier alpha value is 1.22. The maximum atomic E-state index is 3.50. The van der Waals surface area contributed by atoms with E-state index in [0.29, 0.717) is 0 Å². The summed E-state index contributed by atoms with van der Waals surface area (Å²) in [5.74, 6) is 0. The van der Waals surface area contributed by atoms with Gasteiger partial charge in [-0.1, -0.05) is 0 Å². The molecule has 0 aromatic carbocycles. The van der Waals surface area contributed by atoms with Gasteiger partial charge in [0.1, 0.15) is 0 Å². The van der Waals surface area contributed by atoms with E-state index in [1.807, 2.05) is 0 Å². The molecule has 0 aliphatic carbocycles. The van der Waals surface area contributed by atoms with Gasteiger partial charge in [0, 0.05) is 0 Å². The van der Waals surface area contributed by atoms with Crippen LogP contribution in [-0.4, -0.2) is 56.4 Å². The SMILES string of the molecule is C[N-]C.C[N-]C.C[N-]C.C[N-]C.[Ce+4]. The molecule has 0 saturated carbocycles. The summed E-state index contributed by atoms with van der Waals surface area (Å²) in [5.41, 5.74) is 0. The molecule has 0 rings (SSSR count). The quantitative estimate of drug-likeness (QED) is 0.659. The molecular formula is C8H24CeN4. The monoisotopic (exact) mass is 316 g/mol. The molecular weight excluding hydrogens is 292 g/mol. The third-order valence-corrected chi connectivity index (χ3v) is 0. The minimum Gasteiger partial charge on any atom is -0.668 e. The number of hydrogen-bond acceptors (Lipinski definition) is 0. The zero-order chi connectivity index (χ0) is 10.8. The second kappa shape index (κ2) is 72.5. The van der Waals surface area contributed by atoms with Gasteiger partial charge in [0.05, 0.1) is 0 Å². The second-order valence-corrected chi connectivity index (χ2v) is 1.79. The molecule has 0 aromatic heterocycles. The molecule has 0 atom stereocenters. The van der Waals surface area contributed by atoms with E-state index in [1.165, 1.54) is 0 Å². The van der Waals surface area contributed by atoms with Crippen LogP contribution in [-0.2, 0) is 0 Å². The molecule has 4 nitrogen and oxygen atoms in total. The van der Waals surface area contributed by atoms with Crippen molar-refractivity contribution in [1.82, 2.24) is 0 Å². The van der Waals surface area contributed by atoms with Crippen molar-refractivity contribution in [1.29, 1.82) is 0 Å². The number of hydrogen-bond donors (Lipinski definition) is 0. The molecule has 0 radical (unpaired) electrons. The molecule has 0 aliphatic heterocycles. The average molecular weight is 316 g/mol. The molecule has 0 aromatic rings. The first-order valence-corrected chi connectivity index (χ1v) is 3.58. The molecule has 0 aliphatic rings. The third kappa shape index (κ3) is 1120. The smallest absolute Gasteiger partial charge is 0.668 e. The van der Waals surface area contributed by atoms with Gasteiger partial charge in [-0.2, -0.15) is 56.4 Å². The summed E-state index contributed by atoms with van der Waals surface area (Å²) in [6.07, 6.45) is 0. The van der Waals surface area contributed by atoms with Crippen LogP contribution in [0.1, 0.15) is 0 Å². The standard InChI is InChI=1S/4C2H6N.Ce/c4*1-3-2;/h4*1-2H3;/q4*-1;+4. The fraction of sp³-hybridized carbons (Fsp3) is 1.00. The van der Waals surface area contributed by atoms with Gasteiger partial charge in [-0.05, 0) is 0 Å². The predicted molar refractivity (Wildman–Crippen MR) is 60.8 cm³/mol. The third-order valence-electron chi connectivity index (χ3n) is 0. The molecule has 0 saturated heterocycles. The maximum Gasteiger partial charge on any atom is 4.00 e. The fourth-order valence-electron chi connectivity index (χ4n) is 0. The summed E-state index contributed by atoms with van der Waals surface area (Å²) in [6, 6.07) is 0. The Morgan fingerprint density at radius 2 is 0.385 bits per heavy atom. The maximum absolute atomic E-state index is 3.50. The largest absolute Gasteiger partial charge is 4.00 e. The topological polar surface area (TPSA) is 56.4 Å². The van der Waals surface area contributed by atoms with E-state index in [9.17, 15) is 0 Å². The van der Waals surface area contributed by atoms with Crippen LogP contribution in [0, 0.1) is 41.7 Å². The van der Waals surface area contributed by atoms with Gasteiger partial charge in [-0.15, -0.1) is 0 Å². The fourth-order valence-corrected chi connectivity index (χ4v) is 0. The van der Waals surface area contributed by atoms with Crippen molar-refractivity contribution in [3.8, 4) is 0 Å². The van der Waals surface area contributed by atoms with Crippen molar-refractivity contribution in [2.24, 2.45) is 0 Å². The van der Waals surface area contributed by atoms with Crippen LogP contribution in [0.3, 0.4) is 0 Å². The normalized spacial score (nSPS) is 5.54. The van der Waals surface area contributed by atoms with Crippen LogP contribution >= 0.6 is 0 Å². The second-order valence-electron chi connectivity index (χ2n) is 1.79. The van der Waals surface area contributed by atoms with Crippen molar-refractivity contribution in [3.63, 3.8) is 0 Å². The van der Waals surface area contributed by atoms with E-state index >= 15 is 0 Å². The minimum atomic E-state index is 0. The first-order valence-electron chi connectivity index (χ1n) is 3.58. The van der Waals surface area contributed by atoms with Crippen LogP contribution < -0.4 is 0 Å². The zero-order valence-electron chi connectivity index (χ0n) is 10.3. The van der Waals surface area contributed by atoms with Crippen molar-refractivity contribution >= 4 is 0 Å². The molecule has 13 heavy (non-hydrogen) atoms. The molecule has 80 valence electrons. The first kappa shape index (κ1) is 29.2. The first-order chi connectivity index (χ1) is 5.66. The van der Waals surface area contributed by atoms with Gasteiger partial charge >= 0.3 is 41.7 Å². The molecule has 0 spiro atoms. The summed E-state index contributed by atoms with van der Waals surface area (Å²) in [5, 5.41) is 14.0. The van der Waals surface area contributed by atoms with Crippen molar-refractivity contribution in [3.05, 3.63) is 21.3 Å². The Labute approximate surface area is 118 Å². The molecule has 0 bridgehead atoms. The molecule has 0 heterocycles. The molecule has 0 unspecified atom stereocenters. The number of nitrogens with zero attached hydrogens (tertiary/aromatic N) is 4. The molecule has 0 N–H and O–H groups in total. The minimum absolute atomic E-state index is 0. The van der Waals surface area contributed by atoms with E-state index in [0.717, 1.165) is 0 Å². The summed E-state index contributed by atoms with van der Waals surface area (Å²) < 4.78 is 0. The van der Waals surface area contributed by atoms with Crippen LogP contribution in [0.5, 0.6) is 0 Å². The summed E-state index contributed by atoms with van der Waals surface area (Å²) in [4.78, 5) is 0. The van der Waals surface area contributed by atoms with Crippen LogP contribution in [0.2, 0.25) is 0 Å². The Morgan fingerprint density at radius 1 is 0.385 bits per heavy atom. The van der Waals surface area contributed by atoms with Gasteiger partial charge in [-0.25, -0.2) is 0 Å². The Kier molecular flexibility index (Phi) is 163. The van der Waals surface area contributed by atoms with E-state index in [1.54, 1.807) is 56.4 Å². The molecule has 5 heteroatoms. The van der Waals surface area contributed by atoms with Crippen molar-refractivity contribution < 1.29 is 41.7 Å². The van der Waals surface area contributed by atoms with Crippen LogP contribution in [0.4, 0.5) is 0 Å². The Morgan fingerprint density at radius 3 is 0.385 bits per heavy atom. The Balaban J connectivity index is -0.0000000213. The van der Waals surface area contributed by atoms with Gasteiger partial charge in [0.25, 0.3) is 0 Å². The zero-order valence-corrected chi connectivity index (χ0v) is 13.4. The Bertz CT molecular complexity index is 24.1. The van der Waals surface area contributed by atoms with E-state index < -0.39 is 0 Å². The van der Waals surface area contributed by atoms with E-state index in [4.69, 9.17) is 0 Å². The van der Waals surface area contributed by atoms with Crippen LogP contribution in [0.15, 0.2) is 0 Å². The van der Waals surface area contributed by atoms with Gasteiger partial charge in [0.2, 0.25) is 0 Å². The summed E-state index contributed by atoms with van der Waals surface area (Å²) in [6.45, 7) is 0. The molecule has 0 amide bonds.